The molecule has 2 aliphatic rings. The summed E-state index contributed by atoms with van der Waals surface area (Å²) < 4.78 is 11.1. The number of hydrogen-bond donors (Lipinski definition) is 0. The molecule has 1 atom stereocenters. The number of ether oxygens (including phenoxy) is 2. The fraction of sp³-hybridized carbons (Fsp3) is 0.467. The smallest absolute Gasteiger partial charge is 0.265 e. The van der Waals surface area contributed by atoms with Gasteiger partial charge in [0.1, 0.15) is 12.3 Å². The van der Waals surface area contributed by atoms with E-state index in [-0.39, 0.29) is 12.5 Å². The molecule has 0 saturated carbocycles. The van der Waals surface area contributed by atoms with Gasteiger partial charge in [-0.15, -0.1) is 0 Å². The Hall–Kier alpha value is -2.26. The van der Waals surface area contributed by atoms with Crippen LogP contribution in [0.15, 0.2) is 24.3 Å². The van der Waals surface area contributed by atoms with Gasteiger partial charge in [-0.05, 0) is 12.1 Å². The third kappa shape index (κ3) is 2.78. The number of morpholine rings is 1. The number of rotatable bonds is 2. The van der Waals surface area contributed by atoms with E-state index in [0.717, 1.165) is 5.69 Å². The molecule has 6 nitrogen and oxygen atoms in total. The van der Waals surface area contributed by atoms with E-state index in [4.69, 9.17) is 14.7 Å². The topological polar surface area (TPSA) is 65.8 Å². The van der Waals surface area contributed by atoms with Crippen molar-refractivity contribution in [3.05, 3.63) is 24.3 Å². The molecule has 1 saturated heterocycles. The van der Waals surface area contributed by atoms with Crippen LogP contribution in [-0.4, -0.2) is 56.3 Å². The van der Waals surface area contributed by atoms with Crippen LogP contribution in [0.1, 0.15) is 0 Å². The summed E-state index contributed by atoms with van der Waals surface area (Å²) in [6.45, 7) is 2.97. The minimum absolute atomic E-state index is 0.0317. The van der Waals surface area contributed by atoms with Crippen LogP contribution in [0.2, 0.25) is 0 Å². The summed E-state index contributed by atoms with van der Waals surface area (Å²) in [5, 5.41) is 8.97. The number of anilines is 1. The van der Waals surface area contributed by atoms with Crippen LogP contribution < -0.4 is 9.64 Å². The summed E-state index contributed by atoms with van der Waals surface area (Å²) in [5.74, 6) is 0.626. The highest BCUT2D eigenvalue weighted by molar-refractivity contribution is 5.83. The lowest BCUT2D eigenvalue weighted by Crippen LogP contribution is -2.53. The Labute approximate surface area is 123 Å². The van der Waals surface area contributed by atoms with Gasteiger partial charge in [-0.1, -0.05) is 12.1 Å². The van der Waals surface area contributed by atoms with Crippen LogP contribution in [0.3, 0.4) is 0 Å². The summed E-state index contributed by atoms with van der Waals surface area (Å²) in [5.41, 5.74) is 0.866. The number of nitrogens with zero attached hydrogens (tertiary/aromatic N) is 3. The summed E-state index contributed by atoms with van der Waals surface area (Å²) in [4.78, 5) is 16.2. The second-order valence-corrected chi connectivity index (χ2v) is 5.05. The van der Waals surface area contributed by atoms with Crippen LogP contribution in [0.5, 0.6) is 5.75 Å². The summed E-state index contributed by atoms with van der Waals surface area (Å²) in [6, 6.07) is 9.65. The summed E-state index contributed by atoms with van der Waals surface area (Å²) in [7, 11) is 0. The fourth-order valence-electron chi connectivity index (χ4n) is 2.66. The number of fused-ring (bicyclic) bond motifs is 1. The predicted octanol–water partition coefficient (Wildman–Crippen LogP) is 0.636. The van der Waals surface area contributed by atoms with Gasteiger partial charge >= 0.3 is 0 Å². The lowest BCUT2D eigenvalue weighted by atomic mass is 10.1. The molecule has 3 rings (SSSR count). The maximum absolute atomic E-state index is 12.5. The minimum atomic E-state index is -0.564. The van der Waals surface area contributed by atoms with Gasteiger partial charge < -0.3 is 19.3 Å². The Morgan fingerprint density at radius 2 is 2.10 bits per heavy atom. The number of amides is 1. The van der Waals surface area contributed by atoms with Crippen LogP contribution >= 0.6 is 0 Å². The minimum Gasteiger partial charge on any atom is -0.477 e. The van der Waals surface area contributed by atoms with E-state index in [9.17, 15) is 4.79 Å². The van der Waals surface area contributed by atoms with Crippen molar-refractivity contribution in [3.8, 4) is 11.8 Å². The zero-order valence-corrected chi connectivity index (χ0v) is 11.7. The average Bonchev–Trinajstić information content (AvgIpc) is 2.55. The average molecular weight is 287 g/mol. The predicted molar refractivity (Wildman–Crippen MR) is 76.1 cm³/mol. The third-order valence-corrected chi connectivity index (χ3v) is 3.72. The Balaban J connectivity index is 1.79. The zero-order chi connectivity index (χ0) is 14.7. The van der Waals surface area contributed by atoms with Gasteiger partial charge in [-0.3, -0.25) is 4.79 Å². The molecule has 1 amide bonds. The molecule has 0 bridgehead atoms. The molecule has 1 fully saturated rings. The first-order valence-corrected chi connectivity index (χ1v) is 7.03. The van der Waals surface area contributed by atoms with Crippen molar-refractivity contribution in [2.45, 2.75) is 6.10 Å². The monoisotopic (exact) mass is 287 g/mol. The second kappa shape index (κ2) is 6.02. The molecular formula is C15H17N3O3. The molecular weight excluding hydrogens is 270 g/mol. The van der Waals surface area contributed by atoms with Crippen LogP contribution in [0.4, 0.5) is 5.69 Å². The van der Waals surface area contributed by atoms with Crippen molar-refractivity contribution in [3.63, 3.8) is 0 Å². The molecule has 1 unspecified atom stereocenters. The number of carbonyl (C=O) groups excluding carboxylic acids is 1. The van der Waals surface area contributed by atoms with E-state index in [0.29, 0.717) is 38.6 Å². The largest absolute Gasteiger partial charge is 0.477 e. The van der Waals surface area contributed by atoms with Gasteiger partial charge in [0.2, 0.25) is 0 Å². The first-order valence-electron chi connectivity index (χ1n) is 7.03. The van der Waals surface area contributed by atoms with Crippen LogP contribution in [-0.2, 0) is 9.53 Å². The first-order chi connectivity index (χ1) is 10.3. The molecule has 1 aromatic carbocycles. The van der Waals surface area contributed by atoms with Gasteiger partial charge in [-0.2, -0.15) is 5.26 Å². The molecule has 1 aromatic rings. The number of hydrogen-bond acceptors (Lipinski definition) is 5. The van der Waals surface area contributed by atoms with Gasteiger partial charge in [0, 0.05) is 13.1 Å². The Kier molecular flexibility index (Phi) is 3.93. The quantitative estimate of drug-likeness (QED) is 0.747. The van der Waals surface area contributed by atoms with E-state index in [1.807, 2.05) is 29.2 Å². The third-order valence-electron chi connectivity index (χ3n) is 3.72. The Morgan fingerprint density at radius 3 is 2.86 bits per heavy atom. The zero-order valence-electron chi connectivity index (χ0n) is 11.7. The van der Waals surface area contributed by atoms with Crippen molar-refractivity contribution >= 4 is 11.6 Å². The van der Waals surface area contributed by atoms with E-state index in [2.05, 4.69) is 6.07 Å². The lowest BCUT2D eigenvalue weighted by Gasteiger charge is -2.37. The molecule has 0 aromatic heterocycles. The maximum atomic E-state index is 12.5. The van der Waals surface area contributed by atoms with E-state index in [1.165, 1.54) is 0 Å². The molecule has 2 heterocycles. The van der Waals surface area contributed by atoms with E-state index in [1.54, 1.807) is 4.90 Å². The Bertz CT molecular complexity index is 564. The van der Waals surface area contributed by atoms with Gasteiger partial charge in [0.15, 0.2) is 6.10 Å². The molecule has 110 valence electrons. The molecule has 0 spiro atoms. The SMILES string of the molecule is N#CCN1CC(C(=O)N2CCOCC2)Oc2ccccc21. The van der Waals surface area contributed by atoms with Gasteiger partial charge in [0.05, 0.1) is 31.5 Å². The van der Waals surface area contributed by atoms with Crippen LogP contribution in [0, 0.1) is 11.3 Å². The molecule has 6 heteroatoms. The number of para-hydroxylation sites is 2. The fourth-order valence-corrected chi connectivity index (χ4v) is 2.66. The van der Waals surface area contributed by atoms with Crippen LogP contribution in [0.25, 0.3) is 0 Å². The molecule has 0 aliphatic carbocycles. The standard InChI is InChI=1S/C15H17N3O3/c16-5-6-18-11-14(15(19)17-7-9-20-10-8-17)21-13-4-2-1-3-12(13)18/h1-4,14H,6-11H2. The second-order valence-electron chi connectivity index (χ2n) is 5.05. The highest BCUT2D eigenvalue weighted by atomic mass is 16.5. The molecule has 2 aliphatic heterocycles. The van der Waals surface area contributed by atoms with Gasteiger partial charge in [-0.25, -0.2) is 0 Å². The Morgan fingerprint density at radius 1 is 1.33 bits per heavy atom. The normalized spacial score (nSPS) is 21.2. The van der Waals surface area contributed by atoms with E-state index >= 15 is 0 Å². The van der Waals surface area contributed by atoms with Crippen molar-refractivity contribution in [1.82, 2.24) is 4.90 Å². The summed E-state index contributed by atoms with van der Waals surface area (Å²) >= 11 is 0. The number of nitriles is 1. The van der Waals surface area contributed by atoms with Crippen molar-refractivity contribution < 1.29 is 14.3 Å². The van der Waals surface area contributed by atoms with Crippen molar-refractivity contribution in [2.75, 3.05) is 44.3 Å². The lowest BCUT2D eigenvalue weighted by molar-refractivity contribution is -0.142. The first kappa shape index (κ1) is 13.7. The molecule has 0 N–H and O–H groups in total. The molecule has 0 radical (unpaired) electrons. The van der Waals surface area contributed by atoms with Crippen molar-refractivity contribution in [2.24, 2.45) is 0 Å². The maximum Gasteiger partial charge on any atom is 0.265 e. The van der Waals surface area contributed by atoms with E-state index < -0.39 is 6.10 Å². The van der Waals surface area contributed by atoms with Gasteiger partial charge in [0.25, 0.3) is 5.91 Å². The van der Waals surface area contributed by atoms with Crippen molar-refractivity contribution in [1.29, 1.82) is 5.26 Å². The summed E-state index contributed by atoms with van der Waals surface area (Å²) in [6.07, 6.45) is -0.564. The highest BCUT2D eigenvalue weighted by Gasteiger charge is 2.33. The molecule has 21 heavy (non-hydrogen) atoms. The number of carbonyl (C=O) groups is 1. The number of benzene rings is 1. The highest BCUT2D eigenvalue weighted by Crippen LogP contribution is 2.33.